The van der Waals surface area contributed by atoms with Crippen LogP contribution in [0.2, 0.25) is 5.02 Å². The predicted molar refractivity (Wildman–Crippen MR) is 113 cm³/mol. The Morgan fingerprint density at radius 1 is 1.04 bits per heavy atom. The van der Waals surface area contributed by atoms with Crippen LogP contribution < -0.4 is 5.32 Å². The molecule has 0 saturated carbocycles. The molecular formula is C22H26ClN3O2. The van der Waals surface area contributed by atoms with E-state index >= 15 is 0 Å². The van der Waals surface area contributed by atoms with Crippen LogP contribution in [-0.4, -0.2) is 53.8 Å². The fourth-order valence-electron chi connectivity index (χ4n) is 3.39. The summed E-state index contributed by atoms with van der Waals surface area (Å²) in [6.45, 7) is 6.47. The summed E-state index contributed by atoms with van der Waals surface area (Å²) in [6, 6.07) is 14.9. The molecule has 1 unspecified atom stereocenters. The summed E-state index contributed by atoms with van der Waals surface area (Å²) in [6.07, 6.45) is 0.309. The van der Waals surface area contributed by atoms with E-state index in [1.807, 2.05) is 61.2 Å². The predicted octanol–water partition coefficient (Wildman–Crippen LogP) is 3.36. The van der Waals surface area contributed by atoms with Crippen LogP contribution >= 0.6 is 11.6 Å². The summed E-state index contributed by atoms with van der Waals surface area (Å²) in [4.78, 5) is 29.2. The van der Waals surface area contributed by atoms with Crippen molar-refractivity contribution in [1.82, 2.24) is 9.80 Å². The van der Waals surface area contributed by atoms with Gasteiger partial charge in [0, 0.05) is 36.9 Å². The lowest BCUT2D eigenvalue weighted by molar-refractivity contribution is -0.133. The Balaban J connectivity index is 1.51. The summed E-state index contributed by atoms with van der Waals surface area (Å²) >= 11 is 6.16. The third-order valence-corrected chi connectivity index (χ3v) is 5.67. The van der Waals surface area contributed by atoms with Crippen molar-refractivity contribution in [1.29, 1.82) is 0 Å². The topological polar surface area (TPSA) is 52.7 Å². The number of anilines is 1. The highest BCUT2D eigenvalue weighted by molar-refractivity contribution is 6.31. The summed E-state index contributed by atoms with van der Waals surface area (Å²) in [5.74, 6) is 0.0508. The Morgan fingerprint density at radius 2 is 1.68 bits per heavy atom. The molecule has 1 aliphatic heterocycles. The Hall–Kier alpha value is -2.37. The summed E-state index contributed by atoms with van der Waals surface area (Å²) in [5.41, 5.74) is 2.73. The molecule has 2 amide bonds. The van der Waals surface area contributed by atoms with E-state index in [2.05, 4.69) is 10.2 Å². The molecule has 2 aromatic rings. The molecule has 5 nitrogen and oxygen atoms in total. The van der Waals surface area contributed by atoms with E-state index in [0.29, 0.717) is 37.6 Å². The van der Waals surface area contributed by atoms with Crippen LogP contribution in [0, 0.1) is 6.92 Å². The molecule has 1 heterocycles. The second-order valence-corrected chi connectivity index (χ2v) is 7.57. The number of carbonyl (C=O) groups excluding carboxylic acids is 2. The van der Waals surface area contributed by atoms with Crippen LogP contribution in [0.1, 0.15) is 18.1 Å². The number of hydrogen-bond acceptors (Lipinski definition) is 3. The molecule has 0 aromatic heterocycles. The van der Waals surface area contributed by atoms with E-state index in [9.17, 15) is 9.59 Å². The van der Waals surface area contributed by atoms with Gasteiger partial charge in [-0.05, 0) is 37.1 Å². The average molecular weight is 400 g/mol. The van der Waals surface area contributed by atoms with E-state index in [4.69, 9.17) is 11.6 Å². The molecule has 28 heavy (non-hydrogen) atoms. The quantitative estimate of drug-likeness (QED) is 0.838. The van der Waals surface area contributed by atoms with Crippen molar-refractivity contribution in [2.75, 3.05) is 31.5 Å². The molecular weight excluding hydrogens is 374 g/mol. The molecule has 2 aromatic carbocycles. The van der Waals surface area contributed by atoms with Crippen LogP contribution in [-0.2, 0) is 16.0 Å². The lowest BCUT2D eigenvalue weighted by atomic mass is 10.1. The number of nitrogens with one attached hydrogen (secondary N) is 1. The van der Waals surface area contributed by atoms with Gasteiger partial charge in [-0.2, -0.15) is 0 Å². The SMILES string of the molecule is Cc1ccccc1NC(=O)C(C)N1CCN(C(=O)Cc2ccccc2Cl)CC1. The van der Waals surface area contributed by atoms with Gasteiger partial charge in [0.15, 0.2) is 0 Å². The maximum absolute atomic E-state index is 12.6. The molecule has 0 bridgehead atoms. The molecule has 1 N–H and O–H groups in total. The maximum Gasteiger partial charge on any atom is 0.241 e. The zero-order valence-corrected chi connectivity index (χ0v) is 17.1. The fourth-order valence-corrected chi connectivity index (χ4v) is 3.59. The average Bonchev–Trinajstić information content (AvgIpc) is 2.71. The Labute approximate surface area is 171 Å². The Morgan fingerprint density at radius 3 is 2.36 bits per heavy atom. The molecule has 1 aliphatic rings. The smallest absolute Gasteiger partial charge is 0.241 e. The van der Waals surface area contributed by atoms with Crippen LogP contribution in [0.25, 0.3) is 0 Å². The molecule has 1 saturated heterocycles. The van der Waals surface area contributed by atoms with Gasteiger partial charge in [0.25, 0.3) is 0 Å². The zero-order chi connectivity index (χ0) is 20.1. The molecule has 0 spiro atoms. The van der Waals surface area contributed by atoms with E-state index < -0.39 is 0 Å². The molecule has 0 radical (unpaired) electrons. The summed E-state index contributed by atoms with van der Waals surface area (Å²) in [5, 5.41) is 3.63. The van der Waals surface area contributed by atoms with Gasteiger partial charge in [-0.15, -0.1) is 0 Å². The molecule has 3 rings (SSSR count). The fraction of sp³-hybridized carbons (Fsp3) is 0.364. The number of nitrogens with zero attached hydrogens (tertiary/aromatic N) is 2. The van der Waals surface area contributed by atoms with Gasteiger partial charge in [-0.1, -0.05) is 48.0 Å². The standard InChI is InChI=1S/C22H26ClN3O2/c1-16-7-3-6-10-20(16)24-22(28)17(2)25-11-13-26(14-12-25)21(27)15-18-8-4-5-9-19(18)23/h3-10,17H,11-15H2,1-2H3,(H,24,28). The third-order valence-electron chi connectivity index (χ3n) is 5.30. The first-order chi connectivity index (χ1) is 13.5. The number of benzene rings is 2. The minimum absolute atomic E-state index is 0.0230. The molecule has 1 atom stereocenters. The molecule has 148 valence electrons. The minimum atomic E-state index is -0.250. The number of carbonyl (C=O) groups is 2. The first-order valence-corrected chi connectivity index (χ1v) is 9.95. The lowest BCUT2D eigenvalue weighted by Gasteiger charge is -2.37. The highest BCUT2D eigenvalue weighted by Gasteiger charge is 2.27. The zero-order valence-electron chi connectivity index (χ0n) is 16.3. The number of halogens is 1. The molecule has 1 fully saturated rings. The maximum atomic E-state index is 12.6. The number of para-hydroxylation sites is 1. The van der Waals surface area contributed by atoms with E-state index in [1.54, 1.807) is 6.07 Å². The van der Waals surface area contributed by atoms with Crippen LogP contribution in [0.15, 0.2) is 48.5 Å². The Bertz CT molecular complexity index is 847. The van der Waals surface area contributed by atoms with Gasteiger partial charge in [0.1, 0.15) is 0 Å². The van der Waals surface area contributed by atoms with Gasteiger partial charge in [0.2, 0.25) is 11.8 Å². The second kappa shape index (κ2) is 9.22. The van der Waals surface area contributed by atoms with Gasteiger partial charge in [0.05, 0.1) is 12.5 Å². The van der Waals surface area contributed by atoms with Crippen molar-refractivity contribution in [3.05, 3.63) is 64.7 Å². The van der Waals surface area contributed by atoms with Crippen molar-refractivity contribution in [2.24, 2.45) is 0 Å². The summed E-state index contributed by atoms with van der Waals surface area (Å²) in [7, 11) is 0. The summed E-state index contributed by atoms with van der Waals surface area (Å²) < 4.78 is 0. The third kappa shape index (κ3) is 4.91. The number of rotatable bonds is 5. The highest BCUT2D eigenvalue weighted by atomic mass is 35.5. The Kier molecular flexibility index (Phi) is 6.70. The number of piperazine rings is 1. The largest absolute Gasteiger partial charge is 0.340 e. The van der Waals surface area contributed by atoms with E-state index in [0.717, 1.165) is 16.8 Å². The van der Waals surface area contributed by atoms with Crippen molar-refractivity contribution < 1.29 is 9.59 Å². The van der Waals surface area contributed by atoms with Crippen LogP contribution in [0.4, 0.5) is 5.69 Å². The van der Waals surface area contributed by atoms with Crippen molar-refractivity contribution >= 4 is 29.1 Å². The lowest BCUT2D eigenvalue weighted by Crippen LogP contribution is -2.54. The van der Waals surface area contributed by atoms with Crippen molar-refractivity contribution in [3.63, 3.8) is 0 Å². The molecule has 0 aliphatic carbocycles. The highest BCUT2D eigenvalue weighted by Crippen LogP contribution is 2.18. The van der Waals surface area contributed by atoms with Gasteiger partial charge in [-0.3, -0.25) is 14.5 Å². The van der Waals surface area contributed by atoms with E-state index in [1.165, 1.54) is 0 Å². The van der Waals surface area contributed by atoms with Crippen molar-refractivity contribution in [2.45, 2.75) is 26.3 Å². The monoisotopic (exact) mass is 399 g/mol. The first-order valence-electron chi connectivity index (χ1n) is 9.57. The van der Waals surface area contributed by atoms with Crippen LogP contribution in [0.3, 0.4) is 0 Å². The van der Waals surface area contributed by atoms with Gasteiger partial charge < -0.3 is 10.2 Å². The normalized spacial score (nSPS) is 15.9. The first kappa shape index (κ1) is 20.4. The minimum Gasteiger partial charge on any atom is -0.340 e. The van der Waals surface area contributed by atoms with E-state index in [-0.39, 0.29) is 17.9 Å². The van der Waals surface area contributed by atoms with Gasteiger partial charge in [-0.25, -0.2) is 0 Å². The number of hydrogen-bond donors (Lipinski definition) is 1. The van der Waals surface area contributed by atoms with Crippen molar-refractivity contribution in [3.8, 4) is 0 Å². The second-order valence-electron chi connectivity index (χ2n) is 7.17. The molecule has 6 heteroatoms. The number of aryl methyl sites for hydroxylation is 1. The van der Waals surface area contributed by atoms with Gasteiger partial charge >= 0.3 is 0 Å². The van der Waals surface area contributed by atoms with Crippen LogP contribution in [0.5, 0.6) is 0 Å². The number of amides is 2.